The molecule has 0 spiro atoms. The van der Waals surface area contributed by atoms with Crippen LogP contribution in [0.15, 0.2) is 30.2 Å². The van der Waals surface area contributed by atoms with E-state index in [2.05, 4.69) is 71.9 Å². The molecule has 1 fully saturated rings. The Morgan fingerprint density at radius 3 is 2.12 bits per heavy atom. The van der Waals surface area contributed by atoms with Gasteiger partial charge in [-0.2, -0.15) is 0 Å². The molecule has 1 unspecified atom stereocenters. The Balaban J connectivity index is 1.89. The van der Waals surface area contributed by atoms with Gasteiger partial charge in [-0.15, -0.1) is 0 Å². The molecule has 0 amide bonds. The van der Waals surface area contributed by atoms with E-state index < -0.39 is 0 Å². The van der Waals surface area contributed by atoms with Gasteiger partial charge in [-0.3, -0.25) is 0 Å². The van der Waals surface area contributed by atoms with Crippen LogP contribution in [0.1, 0.15) is 84.8 Å². The molecular formula is C23H37BO2. The highest BCUT2D eigenvalue weighted by atomic mass is 16.7. The SMILES string of the molecule is CCCCCC(CC)Cc1ccc(C=CB2OC(C)(C)C(C)(C)O2)cc1. The van der Waals surface area contributed by atoms with Crippen molar-refractivity contribution in [2.24, 2.45) is 5.92 Å². The number of hydrogen-bond donors (Lipinski definition) is 0. The minimum atomic E-state index is -0.279. The lowest BCUT2D eigenvalue weighted by molar-refractivity contribution is 0.00578. The maximum Gasteiger partial charge on any atom is 0.487 e. The van der Waals surface area contributed by atoms with Crippen LogP contribution in [0.2, 0.25) is 0 Å². The van der Waals surface area contributed by atoms with E-state index in [1.54, 1.807) is 0 Å². The summed E-state index contributed by atoms with van der Waals surface area (Å²) in [5.41, 5.74) is 2.08. The highest BCUT2D eigenvalue weighted by Gasteiger charge is 2.49. The van der Waals surface area contributed by atoms with Gasteiger partial charge in [0.25, 0.3) is 0 Å². The standard InChI is InChI=1S/C23H37BO2/c1-7-9-10-11-19(8-2)18-21-14-12-20(13-15-21)16-17-24-25-22(3,4)23(5,6)26-24/h12-17,19H,7-11,18H2,1-6H3. The summed E-state index contributed by atoms with van der Waals surface area (Å²) in [4.78, 5) is 0. The van der Waals surface area contributed by atoms with E-state index in [0.29, 0.717) is 0 Å². The smallest absolute Gasteiger partial charge is 0.400 e. The van der Waals surface area contributed by atoms with E-state index >= 15 is 0 Å². The first kappa shape index (κ1) is 21.2. The van der Waals surface area contributed by atoms with Crippen molar-refractivity contribution in [2.75, 3.05) is 0 Å². The average Bonchev–Trinajstić information content (AvgIpc) is 2.80. The van der Waals surface area contributed by atoms with Crippen molar-refractivity contribution in [2.45, 2.75) is 91.3 Å². The second kappa shape index (κ2) is 9.24. The van der Waals surface area contributed by atoms with Crippen LogP contribution in [0.5, 0.6) is 0 Å². The molecule has 1 saturated heterocycles. The van der Waals surface area contributed by atoms with Crippen molar-refractivity contribution in [1.82, 2.24) is 0 Å². The normalized spacial score (nSPS) is 20.0. The van der Waals surface area contributed by atoms with E-state index in [-0.39, 0.29) is 18.3 Å². The van der Waals surface area contributed by atoms with Crippen molar-refractivity contribution in [1.29, 1.82) is 0 Å². The van der Waals surface area contributed by atoms with E-state index in [1.807, 2.05) is 5.98 Å². The molecule has 3 heteroatoms. The molecule has 0 aromatic heterocycles. The first-order valence-corrected chi connectivity index (χ1v) is 10.4. The van der Waals surface area contributed by atoms with Crippen LogP contribution >= 0.6 is 0 Å². The number of rotatable bonds is 9. The molecule has 1 aliphatic heterocycles. The van der Waals surface area contributed by atoms with Gasteiger partial charge in [0.05, 0.1) is 11.2 Å². The van der Waals surface area contributed by atoms with Gasteiger partial charge >= 0.3 is 7.12 Å². The Morgan fingerprint density at radius 1 is 0.962 bits per heavy atom. The lowest BCUT2D eigenvalue weighted by Crippen LogP contribution is -2.41. The van der Waals surface area contributed by atoms with Crippen LogP contribution in [-0.4, -0.2) is 18.3 Å². The molecule has 0 saturated carbocycles. The van der Waals surface area contributed by atoms with Crippen molar-refractivity contribution >= 4 is 13.2 Å². The second-order valence-corrected chi connectivity index (χ2v) is 8.70. The van der Waals surface area contributed by atoms with Crippen LogP contribution in [0.4, 0.5) is 0 Å². The third-order valence-electron chi connectivity index (χ3n) is 6.01. The highest BCUT2D eigenvalue weighted by Crippen LogP contribution is 2.37. The maximum absolute atomic E-state index is 6.01. The summed E-state index contributed by atoms with van der Waals surface area (Å²) in [5, 5.41) is 0. The third kappa shape index (κ3) is 5.72. The molecule has 1 aliphatic rings. The molecule has 0 bridgehead atoms. The van der Waals surface area contributed by atoms with E-state index in [1.165, 1.54) is 49.7 Å². The van der Waals surface area contributed by atoms with Crippen molar-refractivity contribution in [3.63, 3.8) is 0 Å². The largest absolute Gasteiger partial charge is 0.487 e. The van der Waals surface area contributed by atoms with Crippen molar-refractivity contribution in [3.05, 3.63) is 41.4 Å². The Hall–Kier alpha value is -1.06. The fourth-order valence-corrected chi connectivity index (χ4v) is 3.39. The number of unbranched alkanes of at least 4 members (excludes halogenated alkanes) is 2. The fourth-order valence-electron chi connectivity index (χ4n) is 3.39. The Labute approximate surface area is 161 Å². The summed E-state index contributed by atoms with van der Waals surface area (Å²) >= 11 is 0. The molecule has 2 rings (SSSR count). The lowest BCUT2D eigenvalue weighted by Gasteiger charge is -2.32. The number of hydrogen-bond acceptors (Lipinski definition) is 2. The zero-order valence-electron chi connectivity index (χ0n) is 17.7. The van der Waals surface area contributed by atoms with Gasteiger partial charge in [-0.25, -0.2) is 0 Å². The summed E-state index contributed by atoms with van der Waals surface area (Å²) in [6.45, 7) is 12.9. The summed E-state index contributed by atoms with van der Waals surface area (Å²) in [6.07, 6.45) is 9.95. The summed E-state index contributed by atoms with van der Waals surface area (Å²) in [7, 11) is -0.275. The molecule has 0 N–H and O–H groups in total. The predicted molar refractivity (Wildman–Crippen MR) is 113 cm³/mol. The minimum Gasteiger partial charge on any atom is -0.400 e. The van der Waals surface area contributed by atoms with E-state index in [9.17, 15) is 0 Å². The Bertz CT molecular complexity index is 558. The molecule has 0 radical (unpaired) electrons. The Kier molecular flexibility index (Phi) is 7.55. The molecule has 26 heavy (non-hydrogen) atoms. The first-order valence-electron chi connectivity index (χ1n) is 10.4. The summed E-state index contributed by atoms with van der Waals surface area (Å²) < 4.78 is 12.0. The molecular weight excluding hydrogens is 319 g/mol. The van der Waals surface area contributed by atoms with Gasteiger partial charge in [0.15, 0.2) is 0 Å². The first-order chi connectivity index (χ1) is 12.3. The molecule has 1 aromatic rings. The molecule has 0 aliphatic carbocycles. The Morgan fingerprint density at radius 2 is 1.58 bits per heavy atom. The van der Waals surface area contributed by atoms with Crippen LogP contribution in [0.25, 0.3) is 6.08 Å². The zero-order valence-corrected chi connectivity index (χ0v) is 17.7. The van der Waals surface area contributed by atoms with Gasteiger partial charge < -0.3 is 9.31 Å². The maximum atomic E-state index is 6.01. The van der Waals surface area contributed by atoms with E-state index in [4.69, 9.17) is 9.31 Å². The highest BCUT2D eigenvalue weighted by molar-refractivity contribution is 6.52. The number of benzene rings is 1. The predicted octanol–water partition coefficient (Wildman–Crippen LogP) is 6.48. The van der Waals surface area contributed by atoms with Crippen molar-refractivity contribution < 1.29 is 9.31 Å². The monoisotopic (exact) mass is 356 g/mol. The average molecular weight is 356 g/mol. The minimum absolute atomic E-state index is 0.275. The molecule has 1 aromatic carbocycles. The van der Waals surface area contributed by atoms with Gasteiger partial charge in [0.2, 0.25) is 0 Å². The topological polar surface area (TPSA) is 18.5 Å². The summed E-state index contributed by atoms with van der Waals surface area (Å²) in [5.74, 6) is 2.83. The second-order valence-electron chi connectivity index (χ2n) is 8.70. The van der Waals surface area contributed by atoms with Crippen molar-refractivity contribution in [3.8, 4) is 0 Å². The van der Waals surface area contributed by atoms with Crippen LogP contribution in [0.3, 0.4) is 0 Å². The van der Waals surface area contributed by atoms with E-state index in [0.717, 1.165) is 5.92 Å². The van der Waals surface area contributed by atoms with Crippen LogP contribution in [0, 0.1) is 5.92 Å². The van der Waals surface area contributed by atoms with Crippen LogP contribution < -0.4 is 0 Å². The zero-order chi connectivity index (χ0) is 19.2. The third-order valence-corrected chi connectivity index (χ3v) is 6.01. The molecule has 1 atom stereocenters. The molecule has 144 valence electrons. The van der Waals surface area contributed by atoms with Gasteiger partial charge in [0, 0.05) is 0 Å². The van der Waals surface area contributed by atoms with Gasteiger partial charge in [0.1, 0.15) is 0 Å². The van der Waals surface area contributed by atoms with Gasteiger partial charge in [-0.1, -0.05) is 82.3 Å². The van der Waals surface area contributed by atoms with Crippen LogP contribution in [-0.2, 0) is 15.7 Å². The quantitative estimate of drug-likeness (QED) is 0.372. The van der Waals surface area contributed by atoms with Gasteiger partial charge in [-0.05, 0) is 51.2 Å². The lowest BCUT2D eigenvalue weighted by atomic mass is 9.88. The fraction of sp³-hybridized carbons (Fsp3) is 0.652. The molecule has 2 nitrogen and oxygen atoms in total. The summed E-state index contributed by atoms with van der Waals surface area (Å²) in [6, 6.07) is 8.95. The molecule has 1 heterocycles.